The van der Waals surface area contributed by atoms with Gasteiger partial charge in [-0.3, -0.25) is 4.79 Å². The Balaban J connectivity index is 1.18. The molecule has 136 valence electrons. The number of amides is 1. The Morgan fingerprint density at radius 1 is 1.08 bits per heavy atom. The van der Waals surface area contributed by atoms with Crippen molar-refractivity contribution in [3.63, 3.8) is 0 Å². The van der Waals surface area contributed by atoms with E-state index in [0.29, 0.717) is 17.6 Å². The Kier molecular flexibility index (Phi) is 4.65. The van der Waals surface area contributed by atoms with Crippen LogP contribution < -0.4 is 5.32 Å². The second-order valence-corrected chi connectivity index (χ2v) is 12.4. The highest BCUT2D eigenvalue weighted by Crippen LogP contribution is 2.61. The maximum Gasteiger partial charge on any atom is 0.230 e. The first-order valence-electron chi connectivity index (χ1n) is 9.50. The summed E-state index contributed by atoms with van der Waals surface area (Å²) in [5, 5.41) is 3.21. The lowest BCUT2D eigenvalue weighted by Gasteiger charge is -2.57. The molecule has 1 atom stereocenters. The fraction of sp³-hybridized carbons (Fsp3) is 0.944. The zero-order valence-electron chi connectivity index (χ0n) is 14.3. The van der Waals surface area contributed by atoms with E-state index in [1.54, 1.807) is 0 Å². The Morgan fingerprint density at radius 3 is 2.25 bits per heavy atom. The molecule has 24 heavy (non-hydrogen) atoms. The molecule has 6 heteroatoms. The molecule has 5 fully saturated rings. The predicted molar refractivity (Wildman–Crippen MR) is 97.7 cm³/mol. The van der Waals surface area contributed by atoms with E-state index in [1.165, 1.54) is 50.3 Å². The van der Waals surface area contributed by atoms with E-state index >= 15 is 0 Å². The van der Waals surface area contributed by atoms with Crippen molar-refractivity contribution in [2.24, 2.45) is 23.2 Å². The van der Waals surface area contributed by atoms with Gasteiger partial charge < -0.3 is 5.32 Å². The van der Waals surface area contributed by atoms with Crippen LogP contribution >= 0.6 is 11.8 Å². The SMILES string of the molecule is O=C(CSC1CCS(=O)(=O)C1)NCCC12CC3CC(CC(C3)C1)C2. The van der Waals surface area contributed by atoms with Gasteiger partial charge in [0.1, 0.15) is 0 Å². The van der Waals surface area contributed by atoms with Crippen LogP contribution in [0.5, 0.6) is 0 Å². The van der Waals surface area contributed by atoms with Gasteiger partial charge in [0.05, 0.1) is 17.3 Å². The first kappa shape index (κ1) is 17.2. The molecule has 0 aromatic rings. The molecule has 1 saturated heterocycles. The molecule has 5 rings (SSSR count). The van der Waals surface area contributed by atoms with Gasteiger partial charge in [0, 0.05) is 11.8 Å². The van der Waals surface area contributed by atoms with Crippen molar-refractivity contribution in [1.29, 1.82) is 0 Å². The third-order valence-electron chi connectivity index (χ3n) is 6.78. The average Bonchev–Trinajstić information content (AvgIpc) is 2.83. The van der Waals surface area contributed by atoms with Gasteiger partial charge in [-0.2, -0.15) is 0 Å². The fourth-order valence-corrected chi connectivity index (χ4v) is 9.67. The molecule has 1 unspecified atom stereocenters. The number of sulfone groups is 1. The standard InChI is InChI=1S/C18H29NO3S2/c20-17(11-23-16-1-4-24(21,22)12-16)19-3-2-18-8-13-5-14(9-18)7-15(6-13)10-18/h13-16H,1-12H2,(H,19,20). The van der Waals surface area contributed by atoms with E-state index in [1.807, 2.05) is 0 Å². The quantitative estimate of drug-likeness (QED) is 0.780. The smallest absolute Gasteiger partial charge is 0.230 e. The molecule has 1 amide bonds. The maximum absolute atomic E-state index is 12.1. The molecule has 0 spiro atoms. The molecule has 4 aliphatic carbocycles. The predicted octanol–water partition coefficient (Wildman–Crippen LogP) is 2.63. The largest absolute Gasteiger partial charge is 0.355 e. The first-order chi connectivity index (χ1) is 11.4. The van der Waals surface area contributed by atoms with Crippen LogP contribution in [0.15, 0.2) is 0 Å². The van der Waals surface area contributed by atoms with Crippen LogP contribution in [0.1, 0.15) is 51.4 Å². The fourth-order valence-electron chi connectivity index (χ4n) is 6.20. The van der Waals surface area contributed by atoms with E-state index in [4.69, 9.17) is 0 Å². The van der Waals surface area contributed by atoms with Gasteiger partial charge in [-0.05, 0) is 74.5 Å². The van der Waals surface area contributed by atoms with Crippen LogP contribution in [0.25, 0.3) is 0 Å². The van der Waals surface area contributed by atoms with Crippen molar-refractivity contribution < 1.29 is 13.2 Å². The molecule has 4 bridgehead atoms. The van der Waals surface area contributed by atoms with E-state index in [2.05, 4.69) is 5.32 Å². The van der Waals surface area contributed by atoms with Gasteiger partial charge in [0.25, 0.3) is 0 Å². The molecule has 1 aliphatic heterocycles. The summed E-state index contributed by atoms with van der Waals surface area (Å²) in [7, 11) is -2.84. The minimum Gasteiger partial charge on any atom is -0.355 e. The average molecular weight is 372 g/mol. The van der Waals surface area contributed by atoms with Gasteiger partial charge in [0.15, 0.2) is 9.84 Å². The molecule has 1 N–H and O–H groups in total. The molecule has 0 aromatic carbocycles. The van der Waals surface area contributed by atoms with E-state index in [0.717, 1.165) is 30.7 Å². The Bertz CT molecular complexity index is 566. The number of hydrogen-bond acceptors (Lipinski definition) is 4. The Morgan fingerprint density at radius 2 is 1.71 bits per heavy atom. The molecule has 5 aliphatic rings. The maximum atomic E-state index is 12.1. The summed E-state index contributed by atoms with van der Waals surface area (Å²) in [4.78, 5) is 12.1. The van der Waals surface area contributed by atoms with Crippen LogP contribution in [0, 0.1) is 23.2 Å². The Hall–Kier alpha value is -0.230. The minimum atomic E-state index is -2.84. The van der Waals surface area contributed by atoms with Crippen LogP contribution in [-0.2, 0) is 14.6 Å². The summed E-state index contributed by atoms with van der Waals surface area (Å²) in [6.07, 6.45) is 10.4. The number of thioether (sulfide) groups is 1. The molecular weight excluding hydrogens is 342 g/mol. The summed E-state index contributed by atoms with van der Waals surface area (Å²) in [6, 6.07) is 0. The molecule has 0 aromatic heterocycles. The van der Waals surface area contributed by atoms with Gasteiger partial charge >= 0.3 is 0 Å². The van der Waals surface area contributed by atoms with Gasteiger partial charge in [-0.15, -0.1) is 11.8 Å². The van der Waals surface area contributed by atoms with Crippen molar-refractivity contribution >= 4 is 27.5 Å². The highest BCUT2D eigenvalue weighted by atomic mass is 32.2. The number of carbonyl (C=O) groups excluding carboxylic acids is 1. The lowest BCUT2D eigenvalue weighted by Crippen LogP contribution is -2.47. The van der Waals surface area contributed by atoms with Crippen LogP contribution in [0.2, 0.25) is 0 Å². The summed E-state index contributed by atoms with van der Waals surface area (Å²) >= 11 is 1.51. The third-order valence-corrected chi connectivity index (χ3v) is 10.1. The zero-order chi connectivity index (χ0) is 16.8. The van der Waals surface area contributed by atoms with Crippen LogP contribution in [0.3, 0.4) is 0 Å². The lowest BCUT2D eigenvalue weighted by molar-refractivity contribution is -0.119. The molecule has 4 nitrogen and oxygen atoms in total. The Labute approximate surface area is 149 Å². The van der Waals surface area contributed by atoms with Crippen molar-refractivity contribution in [2.75, 3.05) is 23.8 Å². The second-order valence-electron chi connectivity index (χ2n) is 8.85. The zero-order valence-corrected chi connectivity index (χ0v) is 16.0. The second kappa shape index (κ2) is 6.49. The molecule has 1 heterocycles. The normalized spacial score (nSPS) is 42.3. The van der Waals surface area contributed by atoms with E-state index in [9.17, 15) is 13.2 Å². The number of rotatable bonds is 6. The monoisotopic (exact) mass is 371 g/mol. The summed E-state index contributed by atoms with van der Waals surface area (Å²) < 4.78 is 22.9. The molecule has 4 saturated carbocycles. The van der Waals surface area contributed by atoms with E-state index < -0.39 is 9.84 Å². The summed E-state index contributed by atoms with van der Waals surface area (Å²) in [5.74, 6) is 3.91. The third kappa shape index (κ3) is 3.79. The lowest BCUT2D eigenvalue weighted by atomic mass is 9.49. The highest BCUT2D eigenvalue weighted by molar-refractivity contribution is 8.02. The summed E-state index contributed by atoms with van der Waals surface area (Å²) in [5.41, 5.74) is 0.523. The summed E-state index contributed by atoms with van der Waals surface area (Å²) in [6.45, 7) is 0.800. The topological polar surface area (TPSA) is 63.2 Å². The number of nitrogens with one attached hydrogen (secondary N) is 1. The molecule has 0 radical (unpaired) electrons. The van der Waals surface area contributed by atoms with E-state index in [-0.39, 0.29) is 22.7 Å². The van der Waals surface area contributed by atoms with Crippen molar-refractivity contribution in [2.45, 2.75) is 56.6 Å². The van der Waals surface area contributed by atoms with Crippen molar-refractivity contribution in [1.82, 2.24) is 5.32 Å². The number of carbonyl (C=O) groups is 1. The van der Waals surface area contributed by atoms with Crippen molar-refractivity contribution in [3.05, 3.63) is 0 Å². The van der Waals surface area contributed by atoms with Gasteiger partial charge in [-0.1, -0.05) is 0 Å². The van der Waals surface area contributed by atoms with Crippen LogP contribution in [0.4, 0.5) is 0 Å². The number of hydrogen-bond donors (Lipinski definition) is 1. The van der Waals surface area contributed by atoms with Crippen LogP contribution in [-0.4, -0.2) is 43.4 Å². The van der Waals surface area contributed by atoms with Crippen molar-refractivity contribution in [3.8, 4) is 0 Å². The highest BCUT2D eigenvalue weighted by Gasteiger charge is 2.50. The minimum absolute atomic E-state index is 0.0778. The van der Waals surface area contributed by atoms with Gasteiger partial charge in [-0.25, -0.2) is 8.42 Å². The molecular formula is C18H29NO3S2. The van der Waals surface area contributed by atoms with Gasteiger partial charge in [0.2, 0.25) is 5.91 Å². The first-order valence-corrected chi connectivity index (χ1v) is 12.4.